The van der Waals surface area contributed by atoms with Gasteiger partial charge in [0.1, 0.15) is 24.4 Å². The van der Waals surface area contributed by atoms with Crippen molar-refractivity contribution in [3.63, 3.8) is 0 Å². The minimum Gasteiger partial charge on any atom is -0.466 e. The highest BCUT2D eigenvalue weighted by Crippen LogP contribution is 2.23. The summed E-state index contributed by atoms with van der Waals surface area (Å²) in [5.41, 5.74) is 0. The Balaban J connectivity index is 2.03. The number of aliphatic hydroxyl groups excluding tert-OH is 5. The molecule has 6 N–H and O–H groups in total. The second-order valence-electron chi connectivity index (χ2n) is 22.8. The van der Waals surface area contributed by atoms with Crippen molar-refractivity contribution < 1.29 is 49.3 Å². The van der Waals surface area contributed by atoms with Crippen LogP contribution in [0.5, 0.6) is 0 Å². The van der Waals surface area contributed by atoms with E-state index in [2.05, 4.69) is 55.6 Å². The van der Waals surface area contributed by atoms with Gasteiger partial charge >= 0.3 is 5.97 Å². The highest BCUT2D eigenvalue weighted by molar-refractivity contribution is 5.76. The molecule has 0 aliphatic carbocycles. The predicted molar refractivity (Wildman–Crippen MR) is 324 cm³/mol. The topological polar surface area (TPSA) is 175 Å². The lowest BCUT2D eigenvalue weighted by Gasteiger charge is -2.40. The number of esters is 1. The standard InChI is InChI=1S/C67H123NO10/c1-3-5-7-9-11-13-15-30-34-37-41-45-49-53-60(70)59(58-77-67-66(75)65(74)64(73)61(57-69)78-67)68-62(71)54-50-46-42-38-35-31-28-26-24-22-20-18-16-17-19-21-23-25-27-29-32-36-40-44-48-52-56-76-63(72)55-51-47-43-39-33-14-12-10-8-6-4-2/h11,13,16,18,34,37,49,53,59-61,64-67,69-70,73-75H,3-10,12,14-15,17,19-33,35-36,38-48,50-52,54-58H2,1-2H3,(H,68,71)/b13-11+,18-16-,37-34+,53-49+. The van der Waals surface area contributed by atoms with Crippen LogP contribution in [-0.4, -0.2) is 100 Å². The van der Waals surface area contributed by atoms with Gasteiger partial charge in [0.2, 0.25) is 5.91 Å². The molecule has 1 fully saturated rings. The summed E-state index contributed by atoms with van der Waals surface area (Å²) in [4.78, 5) is 25.1. The number of ether oxygens (including phenoxy) is 3. The molecule has 456 valence electrons. The lowest BCUT2D eigenvalue weighted by atomic mass is 9.99. The number of hydrogen-bond acceptors (Lipinski definition) is 10. The molecule has 7 atom stereocenters. The number of allylic oxidation sites excluding steroid dienone is 7. The zero-order chi connectivity index (χ0) is 56.6. The third-order valence-corrected chi connectivity index (χ3v) is 15.4. The number of aliphatic hydroxyl groups is 5. The summed E-state index contributed by atoms with van der Waals surface area (Å²) in [7, 11) is 0. The molecule has 11 nitrogen and oxygen atoms in total. The molecule has 0 radical (unpaired) electrons. The van der Waals surface area contributed by atoms with Crippen LogP contribution in [-0.2, 0) is 23.8 Å². The smallest absolute Gasteiger partial charge is 0.305 e. The van der Waals surface area contributed by atoms with Crippen molar-refractivity contribution in [1.29, 1.82) is 0 Å². The van der Waals surface area contributed by atoms with Gasteiger partial charge in [-0.25, -0.2) is 0 Å². The molecule has 1 aliphatic heterocycles. The van der Waals surface area contributed by atoms with Crippen molar-refractivity contribution in [3.8, 4) is 0 Å². The third-order valence-electron chi connectivity index (χ3n) is 15.4. The Hall–Kier alpha value is -2.38. The van der Waals surface area contributed by atoms with Crippen LogP contribution >= 0.6 is 0 Å². The SMILES string of the molecule is CCCCC/C=C/CC/C=C/CC/C=C/C(O)C(COC1OC(CO)C(O)C(O)C1O)NC(=O)CCCCCCCCCCCC/C=C\CCCCCCCCCCCCCCOC(=O)CCCCCCCCCCCCC. The van der Waals surface area contributed by atoms with Crippen LogP contribution in [0.15, 0.2) is 48.6 Å². The van der Waals surface area contributed by atoms with Gasteiger partial charge in [-0.15, -0.1) is 0 Å². The van der Waals surface area contributed by atoms with Crippen LogP contribution in [0.25, 0.3) is 0 Å². The van der Waals surface area contributed by atoms with Gasteiger partial charge in [-0.3, -0.25) is 9.59 Å². The molecule has 1 heterocycles. The summed E-state index contributed by atoms with van der Waals surface area (Å²) >= 11 is 0. The van der Waals surface area contributed by atoms with Gasteiger partial charge in [0, 0.05) is 12.8 Å². The van der Waals surface area contributed by atoms with Crippen molar-refractivity contribution in [3.05, 3.63) is 48.6 Å². The Morgan fingerprint density at radius 2 is 0.833 bits per heavy atom. The monoisotopic (exact) mass is 1100 g/mol. The second kappa shape index (κ2) is 56.5. The highest BCUT2D eigenvalue weighted by atomic mass is 16.7. The quantitative estimate of drug-likeness (QED) is 0.0195. The zero-order valence-corrected chi connectivity index (χ0v) is 50.4. The predicted octanol–water partition coefficient (Wildman–Crippen LogP) is 16.0. The Labute approximate surface area is 478 Å². The molecule has 1 saturated heterocycles. The molecular formula is C67H123NO10. The lowest BCUT2D eigenvalue weighted by Crippen LogP contribution is -2.60. The number of carbonyl (C=O) groups is 2. The van der Waals surface area contributed by atoms with Crippen LogP contribution in [0.3, 0.4) is 0 Å². The van der Waals surface area contributed by atoms with Gasteiger partial charge in [0.15, 0.2) is 6.29 Å². The first-order chi connectivity index (χ1) is 38.2. The maximum Gasteiger partial charge on any atom is 0.305 e. The van der Waals surface area contributed by atoms with Crippen LogP contribution in [0, 0.1) is 0 Å². The summed E-state index contributed by atoms with van der Waals surface area (Å²) in [6.45, 7) is 4.30. The van der Waals surface area contributed by atoms with E-state index < -0.39 is 49.5 Å². The highest BCUT2D eigenvalue weighted by Gasteiger charge is 2.44. The van der Waals surface area contributed by atoms with Gasteiger partial charge in [-0.05, 0) is 83.5 Å². The summed E-state index contributed by atoms with van der Waals surface area (Å²) in [5.74, 6) is -0.195. The van der Waals surface area contributed by atoms with Crippen molar-refractivity contribution >= 4 is 11.9 Å². The van der Waals surface area contributed by atoms with E-state index in [1.54, 1.807) is 6.08 Å². The normalized spacial score (nSPS) is 18.8. The molecule has 11 heteroatoms. The Bertz CT molecular complexity index is 1430. The van der Waals surface area contributed by atoms with Crippen LogP contribution in [0.2, 0.25) is 0 Å². The summed E-state index contributed by atoms with van der Waals surface area (Å²) in [6, 6.07) is -0.836. The van der Waals surface area contributed by atoms with E-state index in [4.69, 9.17) is 14.2 Å². The molecule has 0 spiro atoms. The molecule has 0 aromatic rings. The van der Waals surface area contributed by atoms with Crippen LogP contribution in [0.1, 0.15) is 303 Å². The van der Waals surface area contributed by atoms with Crippen molar-refractivity contribution in [1.82, 2.24) is 5.32 Å². The van der Waals surface area contributed by atoms with Crippen LogP contribution in [0.4, 0.5) is 0 Å². The first-order valence-corrected chi connectivity index (χ1v) is 32.9. The van der Waals surface area contributed by atoms with E-state index in [1.165, 1.54) is 199 Å². The van der Waals surface area contributed by atoms with E-state index in [0.717, 1.165) is 77.0 Å². The van der Waals surface area contributed by atoms with E-state index in [9.17, 15) is 35.1 Å². The average molecular weight is 1100 g/mol. The van der Waals surface area contributed by atoms with Gasteiger partial charge in [0.05, 0.1) is 32.0 Å². The van der Waals surface area contributed by atoms with Crippen molar-refractivity contribution in [2.75, 3.05) is 19.8 Å². The van der Waals surface area contributed by atoms with Gasteiger partial charge in [-0.2, -0.15) is 0 Å². The molecule has 78 heavy (non-hydrogen) atoms. The zero-order valence-electron chi connectivity index (χ0n) is 50.4. The average Bonchev–Trinajstić information content (AvgIpc) is 3.44. The Kier molecular flexibility index (Phi) is 53.3. The lowest BCUT2D eigenvalue weighted by molar-refractivity contribution is -0.302. The number of rotatable bonds is 57. The maximum atomic E-state index is 13.0. The van der Waals surface area contributed by atoms with E-state index in [-0.39, 0.29) is 18.5 Å². The maximum absolute atomic E-state index is 13.0. The number of hydrogen-bond donors (Lipinski definition) is 6. The molecule has 0 bridgehead atoms. The number of carbonyl (C=O) groups excluding carboxylic acids is 2. The molecule has 1 aliphatic rings. The molecule has 1 rings (SSSR count). The van der Waals surface area contributed by atoms with E-state index >= 15 is 0 Å². The van der Waals surface area contributed by atoms with Gasteiger partial charge < -0.3 is 45.1 Å². The molecule has 0 aromatic carbocycles. The first kappa shape index (κ1) is 73.6. The molecule has 0 saturated carbocycles. The number of unbranched alkanes of at least 4 members (excludes halogenated alkanes) is 37. The summed E-state index contributed by atoms with van der Waals surface area (Å²) in [5, 5.41) is 54.4. The Morgan fingerprint density at radius 1 is 0.462 bits per heavy atom. The molecule has 1 amide bonds. The molecule has 7 unspecified atom stereocenters. The fourth-order valence-corrected chi connectivity index (χ4v) is 10.2. The third kappa shape index (κ3) is 45.3. The van der Waals surface area contributed by atoms with Crippen molar-refractivity contribution in [2.45, 2.75) is 346 Å². The number of amides is 1. The first-order valence-electron chi connectivity index (χ1n) is 32.9. The summed E-state index contributed by atoms with van der Waals surface area (Å²) in [6.07, 6.45) is 62.3. The fourth-order valence-electron chi connectivity index (χ4n) is 10.2. The van der Waals surface area contributed by atoms with Gasteiger partial charge in [0.25, 0.3) is 0 Å². The minimum absolute atomic E-state index is 0.00319. The van der Waals surface area contributed by atoms with E-state index in [0.29, 0.717) is 19.4 Å². The summed E-state index contributed by atoms with van der Waals surface area (Å²) < 4.78 is 16.7. The fraction of sp³-hybridized carbons (Fsp3) is 0.851. The number of nitrogens with one attached hydrogen (secondary N) is 1. The molecule has 0 aromatic heterocycles. The minimum atomic E-state index is -1.58. The Morgan fingerprint density at radius 3 is 1.29 bits per heavy atom. The van der Waals surface area contributed by atoms with Gasteiger partial charge in [-0.1, -0.05) is 255 Å². The molecular weight excluding hydrogens is 979 g/mol. The van der Waals surface area contributed by atoms with Crippen molar-refractivity contribution in [2.24, 2.45) is 0 Å². The van der Waals surface area contributed by atoms with Crippen LogP contribution < -0.4 is 5.32 Å². The van der Waals surface area contributed by atoms with E-state index in [1.807, 2.05) is 6.08 Å². The largest absolute Gasteiger partial charge is 0.466 e. The second-order valence-corrected chi connectivity index (χ2v) is 22.8.